The van der Waals surface area contributed by atoms with Gasteiger partial charge in [0.2, 0.25) is 0 Å². The van der Waals surface area contributed by atoms with Crippen LogP contribution in [0.5, 0.6) is 0 Å². The lowest BCUT2D eigenvalue weighted by atomic mass is 10.0. The lowest BCUT2D eigenvalue weighted by Gasteiger charge is -2.28. The minimum absolute atomic E-state index is 0.0360. The molecule has 1 rings (SSSR count). The van der Waals surface area contributed by atoms with Gasteiger partial charge in [0.25, 0.3) is 0 Å². The number of hydrogen-bond donors (Lipinski definition) is 2. The van der Waals surface area contributed by atoms with Gasteiger partial charge in [0.15, 0.2) is 17.5 Å². The van der Waals surface area contributed by atoms with E-state index in [0.29, 0.717) is 64.5 Å². The lowest BCUT2D eigenvalue weighted by Crippen LogP contribution is -2.46. The van der Waals surface area contributed by atoms with Crippen LogP contribution < -0.4 is 5.32 Å². The first-order valence-electron chi connectivity index (χ1n) is 12.6. The van der Waals surface area contributed by atoms with Crippen LogP contribution in [0.2, 0.25) is 6.04 Å². The number of amides is 1. The number of hydrogen-bond acceptors (Lipinski definition) is 6. The smallest absolute Gasteiger partial charge is 0.478 e. The molecule has 0 heterocycles. The van der Waals surface area contributed by atoms with Gasteiger partial charge in [0.1, 0.15) is 0 Å². The van der Waals surface area contributed by atoms with Crippen molar-refractivity contribution in [1.29, 1.82) is 0 Å². The van der Waals surface area contributed by atoms with E-state index in [0.717, 1.165) is 18.2 Å². The van der Waals surface area contributed by atoms with Crippen molar-refractivity contribution in [3.8, 4) is 0 Å². The number of rotatable bonds is 19. The van der Waals surface area contributed by atoms with E-state index in [9.17, 15) is 27.9 Å². The van der Waals surface area contributed by atoms with Crippen LogP contribution in [0, 0.1) is 17.5 Å². The maximum atomic E-state index is 13.3. The zero-order chi connectivity index (χ0) is 27.7. The van der Waals surface area contributed by atoms with Crippen LogP contribution in [0.25, 0.3) is 6.08 Å². The molecule has 0 aromatic heterocycles. The fourth-order valence-corrected chi connectivity index (χ4v) is 6.20. The Kier molecular flexibility index (Phi) is 15.8. The third-order valence-corrected chi connectivity index (χ3v) is 8.37. The number of ether oxygens (including phenoxy) is 1. The van der Waals surface area contributed by atoms with E-state index in [2.05, 4.69) is 5.32 Å². The van der Waals surface area contributed by atoms with Crippen molar-refractivity contribution in [1.82, 2.24) is 5.32 Å². The minimum Gasteiger partial charge on any atom is -0.478 e. The summed E-state index contributed by atoms with van der Waals surface area (Å²) in [5.74, 6) is -5.57. The maximum Gasteiger partial charge on any atom is 0.500 e. The average molecular weight is 550 g/mol. The van der Waals surface area contributed by atoms with Crippen LogP contribution in [0.15, 0.2) is 17.7 Å². The molecule has 0 fully saturated rings. The zero-order valence-corrected chi connectivity index (χ0v) is 22.7. The summed E-state index contributed by atoms with van der Waals surface area (Å²) in [5, 5.41) is 12.0. The number of aliphatic carboxylic acids is 1. The molecule has 0 unspecified atom stereocenters. The summed E-state index contributed by atoms with van der Waals surface area (Å²) in [7, 11) is -2.74. The van der Waals surface area contributed by atoms with Crippen molar-refractivity contribution in [3.05, 3.63) is 40.7 Å². The number of carboxylic acids is 1. The van der Waals surface area contributed by atoms with Gasteiger partial charge >= 0.3 is 20.9 Å². The molecule has 210 valence electrons. The minimum atomic E-state index is -2.74. The molecular weight excluding hydrogens is 511 g/mol. The van der Waals surface area contributed by atoms with Gasteiger partial charge in [-0.1, -0.05) is 12.8 Å². The second kappa shape index (κ2) is 17.9. The van der Waals surface area contributed by atoms with Crippen LogP contribution in [0.1, 0.15) is 64.9 Å². The Labute approximate surface area is 217 Å². The molecule has 1 aromatic rings. The number of halogens is 3. The molecule has 2 N–H and O–H groups in total. The van der Waals surface area contributed by atoms with Gasteiger partial charge in [-0.25, -0.2) is 22.8 Å². The Morgan fingerprint density at radius 3 is 2.03 bits per heavy atom. The standard InChI is InChI=1S/C25H38F3NO7Si/c1-4-34-37(35-5-2,36-6-3)15-11-13-29-25(32)33-14-10-8-7-9-12-20(24(30)31)16-19-17-21(26)23(28)22(27)18-19/h16-18H,4-15H2,1-3H3,(H,29,32)(H,30,31)/b20-16+. The number of nitrogens with one attached hydrogen (secondary N) is 1. The Morgan fingerprint density at radius 1 is 0.919 bits per heavy atom. The molecule has 0 aliphatic carbocycles. The molecule has 0 saturated heterocycles. The summed E-state index contributed by atoms with van der Waals surface area (Å²) in [5.41, 5.74) is -0.0963. The molecule has 0 saturated carbocycles. The second-order valence-electron chi connectivity index (χ2n) is 8.09. The molecule has 0 radical (unpaired) electrons. The Bertz CT molecular complexity index is 846. The number of benzene rings is 1. The van der Waals surface area contributed by atoms with Crippen molar-refractivity contribution >= 4 is 26.9 Å². The van der Waals surface area contributed by atoms with E-state index in [1.54, 1.807) is 0 Å². The molecule has 1 amide bonds. The topological polar surface area (TPSA) is 103 Å². The predicted molar refractivity (Wildman–Crippen MR) is 134 cm³/mol. The van der Waals surface area contributed by atoms with E-state index in [-0.39, 0.29) is 24.2 Å². The normalized spacial score (nSPS) is 12.0. The summed E-state index contributed by atoms with van der Waals surface area (Å²) in [6.45, 7) is 7.74. The van der Waals surface area contributed by atoms with Gasteiger partial charge in [-0.2, -0.15) is 0 Å². The van der Waals surface area contributed by atoms with E-state index < -0.39 is 38.3 Å². The van der Waals surface area contributed by atoms with Crippen LogP contribution in [-0.2, 0) is 22.8 Å². The van der Waals surface area contributed by atoms with Crippen LogP contribution in [0.3, 0.4) is 0 Å². The Balaban J connectivity index is 2.28. The van der Waals surface area contributed by atoms with Gasteiger partial charge in [-0.3, -0.25) is 0 Å². The predicted octanol–water partition coefficient (Wildman–Crippen LogP) is 5.69. The highest BCUT2D eigenvalue weighted by molar-refractivity contribution is 6.60. The van der Waals surface area contributed by atoms with E-state index in [1.807, 2.05) is 20.8 Å². The molecular formula is C25H38F3NO7Si. The second-order valence-corrected chi connectivity index (χ2v) is 10.8. The fourth-order valence-electron chi connectivity index (χ4n) is 3.58. The molecule has 0 bridgehead atoms. The van der Waals surface area contributed by atoms with Gasteiger partial charge < -0.3 is 28.4 Å². The number of carboxylic acid groups (broad SMARTS) is 1. The third-order valence-electron chi connectivity index (χ3n) is 5.22. The van der Waals surface area contributed by atoms with Gasteiger partial charge in [-0.05, 0) is 70.2 Å². The van der Waals surface area contributed by atoms with Crippen molar-refractivity contribution in [2.75, 3.05) is 33.0 Å². The fraction of sp³-hybridized carbons (Fsp3) is 0.600. The highest BCUT2D eigenvalue weighted by Gasteiger charge is 2.39. The quantitative estimate of drug-likeness (QED) is 0.0989. The number of alkyl carbamates (subject to hydrolysis) is 1. The van der Waals surface area contributed by atoms with Crippen LogP contribution in [-0.4, -0.2) is 58.9 Å². The highest BCUT2D eigenvalue weighted by Crippen LogP contribution is 2.20. The number of carbonyl (C=O) groups is 2. The summed E-state index contributed by atoms with van der Waals surface area (Å²) < 4.78 is 62.2. The number of carbonyl (C=O) groups excluding carboxylic acids is 1. The molecule has 8 nitrogen and oxygen atoms in total. The maximum absolute atomic E-state index is 13.3. The van der Waals surface area contributed by atoms with Crippen molar-refractivity contribution in [2.24, 2.45) is 0 Å². The van der Waals surface area contributed by atoms with Crippen molar-refractivity contribution < 1.29 is 45.9 Å². The molecule has 0 aliphatic heterocycles. The molecule has 0 spiro atoms. The van der Waals surface area contributed by atoms with E-state index in [4.69, 9.17) is 18.0 Å². The van der Waals surface area contributed by atoms with Crippen LogP contribution in [0.4, 0.5) is 18.0 Å². The van der Waals surface area contributed by atoms with E-state index >= 15 is 0 Å². The van der Waals surface area contributed by atoms with Crippen molar-refractivity contribution in [2.45, 2.75) is 65.3 Å². The Morgan fingerprint density at radius 2 is 1.49 bits per heavy atom. The SMILES string of the molecule is CCO[Si](CCCNC(=O)OCCCCCC/C(=C\c1cc(F)c(F)c(F)c1)C(=O)O)(OCC)OCC. The molecule has 0 aliphatic rings. The van der Waals surface area contributed by atoms with Crippen LogP contribution >= 0.6 is 0 Å². The average Bonchev–Trinajstić information content (AvgIpc) is 2.84. The summed E-state index contributed by atoms with van der Waals surface area (Å²) in [4.78, 5) is 23.3. The first-order chi connectivity index (χ1) is 17.7. The molecule has 1 aromatic carbocycles. The monoisotopic (exact) mass is 549 g/mol. The van der Waals surface area contributed by atoms with Crippen molar-refractivity contribution in [3.63, 3.8) is 0 Å². The zero-order valence-electron chi connectivity index (χ0n) is 21.7. The summed E-state index contributed by atoms with van der Waals surface area (Å²) >= 11 is 0. The molecule has 0 atom stereocenters. The lowest BCUT2D eigenvalue weighted by molar-refractivity contribution is -0.132. The van der Waals surface area contributed by atoms with Gasteiger partial charge in [-0.15, -0.1) is 0 Å². The molecule has 12 heteroatoms. The summed E-state index contributed by atoms with van der Waals surface area (Å²) in [6.07, 6.45) is 3.89. The highest BCUT2D eigenvalue weighted by atomic mass is 28.4. The number of unbranched alkanes of at least 4 members (excludes halogenated alkanes) is 3. The Hall–Kier alpha value is -2.41. The van der Waals surface area contributed by atoms with Gasteiger partial charge in [0.05, 0.1) is 6.61 Å². The first kappa shape index (κ1) is 32.6. The molecule has 37 heavy (non-hydrogen) atoms. The third kappa shape index (κ3) is 12.6. The van der Waals surface area contributed by atoms with Gasteiger partial charge in [0, 0.05) is 38.0 Å². The first-order valence-corrected chi connectivity index (χ1v) is 14.5. The largest absolute Gasteiger partial charge is 0.500 e. The summed E-state index contributed by atoms with van der Waals surface area (Å²) in [6, 6.07) is 2.08. The van der Waals surface area contributed by atoms with E-state index in [1.165, 1.54) is 0 Å².